The Labute approximate surface area is 143 Å². The van der Waals surface area contributed by atoms with Gasteiger partial charge in [-0.1, -0.05) is 24.9 Å². The first-order chi connectivity index (χ1) is 11.1. The Morgan fingerprint density at radius 3 is 2.91 bits per heavy atom. The quantitative estimate of drug-likeness (QED) is 0.876. The summed E-state index contributed by atoms with van der Waals surface area (Å²) in [6.45, 7) is 9.31. The summed E-state index contributed by atoms with van der Waals surface area (Å²) in [4.78, 5) is 10.3. The Kier molecular flexibility index (Phi) is 5.07. The van der Waals surface area contributed by atoms with E-state index in [2.05, 4.69) is 51.5 Å². The SMILES string of the molecule is CCCCc1nc(Cl)c(CN2CC[C@@H](n3nc(C)cc3C)C2)[nH]1. The highest BCUT2D eigenvalue weighted by Crippen LogP contribution is 2.25. The summed E-state index contributed by atoms with van der Waals surface area (Å²) >= 11 is 6.30. The highest BCUT2D eigenvalue weighted by molar-refractivity contribution is 6.30. The predicted molar refractivity (Wildman–Crippen MR) is 92.8 cm³/mol. The zero-order valence-electron chi connectivity index (χ0n) is 14.3. The van der Waals surface area contributed by atoms with Crippen LogP contribution in [-0.4, -0.2) is 37.7 Å². The fourth-order valence-electron chi connectivity index (χ4n) is 3.40. The lowest BCUT2D eigenvalue weighted by molar-refractivity contribution is 0.307. The maximum Gasteiger partial charge on any atom is 0.151 e. The fourth-order valence-corrected chi connectivity index (χ4v) is 3.61. The predicted octanol–water partition coefficient (Wildman–Crippen LogP) is 3.67. The van der Waals surface area contributed by atoms with E-state index in [0.29, 0.717) is 11.2 Å². The summed E-state index contributed by atoms with van der Waals surface area (Å²) in [6, 6.07) is 2.61. The Bertz CT molecular complexity index is 660. The van der Waals surface area contributed by atoms with Crippen LogP contribution in [0.4, 0.5) is 0 Å². The van der Waals surface area contributed by atoms with E-state index in [-0.39, 0.29) is 0 Å². The highest BCUT2D eigenvalue weighted by atomic mass is 35.5. The van der Waals surface area contributed by atoms with Crippen LogP contribution >= 0.6 is 11.6 Å². The van der Waals surface area contributed by atoms with Gasteiger partial charge in [-0.3, -0.25) is 9.58 Å². The molecule has 2 aromatic heterocycles. The molecule has 1 atom stereocenters. The van der Waals surface area contributed by atoms with Crippen molar-refractivity contribution >= 4 is 11.6 Å². The number of imidazole rings is 1. The van der Waals surface area contributed by atoms with Crippen LogP contribution in [0.25, 0.3) is 0 Å². The van der Waals surface area contributed by atoms with Crippen LogP contribution in [0.2, 0.25) is 5.15 Å². The van der Waals surface area contributed by atoms with Gasteiger partial charge in [-0.05, 0) is 32.8 Å². The monoisotopic (exact) mass is 335 g/mol. The summed E-state index contributed by atoms with van der Waals surface area (Å²) in [6.07, 6.45) is 4.43. The first-order valence-electron chi connectivity index (χ1n) is 8.55. The third-order valence-corrected chi connectivity index (χ3v) is 4.88. The number of nitrogens with zero attached hydrogens (tertiary/aromatic N) is 4. The number of aromatic amines is 1. The van der Waals surface area contributed by atoms with Gasteiger partial charge in [0.1, 0.15) is 5.82 Å². The van der Waals surface area contributed by atoms with E-state index < -0.39 is 0 Å². The molecule has 0 bridgehead atoms. The van der Waals surface area contributed by atoms with Crippen LogP contribution in [-0.2, 0) is 13.0 Å². The normalized spacial score (nSPS) is 18.9. The van der Waals surface area contributed by atoms with Crippen molar-refractivity contribution in [2.45, 2.75) is 59.0 Å². The summed E-state index contributed by atoms with van der Waals surface area (Å²) in [5.41, 5.74) is 3.39. The number of hydrogen-bond acceptors (Lipinski definition) is 3. The number of likely N-dealkylation sites (tertiary alicyclic amines) is 1. The van der Waals surface area contributed by atoms with Crippen LogP contribution in [0.5, 0.6) is 0 Å². The van der Waals surface area contributed by atoms with Crippen LogP contribution in [0.1, 0.15) is 55.1 Å². The molecule has 0 radical (unpaired) electrons. The van der Waals surface area contributed by atoms with Gasteiger partial charge in [0.25, 0.3) is 0 Å². The molecule has 0 aliphatic carbocycles. The van der Waals surface area contributed by atoms with Crippen molar-refractivity contribution in [3.8, 4) is 0 Å². The van der Waals surface area contributed by atoms with Crippen LogP contribution in [0.3, 0.4) is 0 Å². The lowest BCUT2D eigenvalue weighted by Gasteiger charge is -2.16. The third-order valence-electron chi connectivity index (χ3n) is 4.56. The van der Waals surface area contributed by atoms with Gasteiger partial charge >= 0.3 is 0 Å². The van der Waals surface area contributed by atoms with E-state index in [1.807, 2.05) is 0 Å². The molecule has 0 spiro atoms. The number of aryl methyl sites for hydroxylation is 3. The van der Waals surface area contributed by atoms with Crippen molar-refractivity contribution in [1.82, 2.24) is 24.6 Å². The van der Waals surface area contributed by atoms with Gasteiger partial charge in [-0.2, -0.15) is 5.10 Å². The van der Waals surface area contributed by atoms with Crippen molar-refractivity contribution in [1.29, 1.82) is 0 Å². The van der Waals surface area contributed by atoms with Crippen molar-refractivity contribution in [2.75, 3.05) is 13.1 Å². The van der Waals surface area contributed by atoms with Crippen molar-refractivity contribution in [3.63, 3.8) is 0 Å². The standard InChI is InChI=1S/C17H26ClN5/c1-4-5-6-16-19-15(17(18)20-16)11-22-8-7-14(10-22)23-13(3)9-12(2)21-23/h9,14H,4-8,10-11H2,1-3H3,(H,19,20)/t14-/m1/s1. The molecule has 5 nitrogen and oxygen atoms in total. The smallest absolute Gasteiger partial charge is 0.151 e. The molecule has 0 aromatic carbocycles. The Morgan fingerprint density at radius 2 is 2.22 bits per heavy atom. The Hall–Kier alpha value is -1.33. The minimum atomic E-state index is 0.463. The minimum absolute atomic E-state index is 0.463. The van der Waals surface area contributed by atoms with Gasteiger partial charge in [0, 0.05) is 31.7 Å². The van der Waals surface area contributed by atoms with Gasteiger partial charge in [-0.15, -0.1) is 0 Å². The molecule has 1 aliphatic heterocycles. The first-order valence-corrected chi connectivity index (χ1v) is 8.93. The van der Waals surface area contributed by atoms with Gasteiger partial charge in [0.2, 0.25) is 0 Å². The number of aromatic nitrogens is 4. The van der Waals surface area contributed by atoms with Crippen molar-refractivity contribution < 1.29 is 0 Å². The summed E-state index contributed by atoms with van der Waals surface area (Å²) in [5, 5.41) is 5.26. The van der Waals surface area contributed by atoms with E-state index >= 15 is 0 Å². The molecule has 3 heterocycles. The second-order valence-electron chi connectivity index (χ2n) is 6.61. The number of hydrogen-bond donors (Lipinski definition) is 1. The van der Waals surface area contributed by atoms with E-state index in [0.717, 1.165) is 56.1 Å². The molecule has 1 N–H and O–H groups in total. The molecule has 23 heavy (non-hydrogen) atoms. The molecule has 1 aliphatic rings. The van der Waals surface area contributed by atoms with Gasteiger partial charge in [0.05, 0.1) is 17.4 Å². The first kappa shape index (κ1) is 16.5. The largest absolute Gasteiger partial charge is 0.344 e. The van der Waals surface area contributed by atoms with Crippen LogP contribution in [0, 0.1) is 13.8 Å². The minimum Gasteiger partial charge on any atom is -0.344 e. The molecule has 1 saturated heterocycles. The maximum absolute atomic E-state index is 6.30. The van der Waals surface area contributed by atoms with E-state index in [9.17, 15) is 0 Å². The third kappa shape index (κ3) is 3.78. The number of H-pyrrole nitrogens is 1. The molecule has 3 rings (SSSR count). The molecule has 6 heteroatoms. The lowest BCUT2D eigenvalue weighted by Crippen LogP contribution is -2.22. The number of unbranched alkanes of at least 4 members (excludes halogenated alkanes) is 1. The van der Waals surface area contributed by atoms with Crippen molar-refractivity contribution in [3.05, 3.63) is 34.1 Å². The Balaban J connectivity index is 1.62. The molecular formula is C17H26ClN5. The summed E-state index contributed by atoms with van der Waals surface area (Å²) in [5.74, 6) is 1.01. The highest BCUT2D eigenvalue weighted by Gasteiger charge is 2.26. The fraction of sp³-hybridized carbons (Fsp3) is 0.647. The zero-order valence-corrected chi connectivity index (χ0v) is 15.0. The van der Waals surface area contributed by atoms with E-state index in [4.69, 9.17) is 11.6 Å². The summed E-state index contributed by atoms with van der Waals surface area (Å²) in [7, 11) is 0. The second-order valence-corrected chi connectivity index (χ2v) is 6.96. The Morgan fingerprint density at radius 1 is 1.39 bits per heavy atom. The van der Waals surface area contributed by atoms with Gasteiger partial charge in [-0.25, -0.2) is 4.98 Å². The zero-order chi connectivity index (χ0) is 16.4. The van der Waals surface area contributed by atoms with Gasteiger partial charge in [0.15, 0.2) is 5.15 Å². The maximum atomic E-state index is 6.30. The molecule has 126 valence electrons. The number of rotatable bonds is 6. The molecule has 2 aromatic rings. The molecule has 0 saturated carbocycles. The van der Waals surface area contributed by atoms with Crippen molar-refractivity contribution in [2.24, 2.45) is 0 Å². The summed E-state index contributed by atoms with van der Waals surface area (Å²) < 4.78 is 2.18. The molecule has 1 fully saturated rings. The second kappa shape index (κ2) is 7.05. The topological polar surface area (TPSA) is 49.7 Å². The van der Waals surface area contributed by atoms with Crippen LogP contribution in [0.15, 0.2) is 6.07 Å². The molecule has 0 unspecified atom stereocenters. The van der Waals surface area contributed by atoms with E-state index in [1.165, 1.54) is 12.1 Å². The van der Waals surface area contributed by atoms with Crippen LogP contribution < -0.4 is 0 Å². The lowest BCUT2D eigenvalue weighted by atomic mass is 10.2. The average Bonchev–Trinajstić information content (AvgIpc) is 3.18. The molecular weight excluding hydrogens is 310 g/mol. The van der Waals surface area contributed by atoms with E-state index in [1.54, 1.807) is 0 Å². The number of halogens is 1. The van der Waals surface area contributed by atoms with Gasteiger partial charge < -0.3 is 4.98 Å². The molecule has 0 amide bonds. The number of nitrogens with one attached hydrogen (secondary N) is 1. The average molecular weight is 336 g/mol.